The first-order valence-electron chi connectivity index (χ1n) is 7.25. The highest BCUT2D eigenvalue weighted by atomic mass is 16.5. The van der Waals surface area contributed by atoms with Gasteiger partial charge >= 0.3 is 0 Å². The summed E-state index contributed by atoms with van der Waals surface area (Å²) in [7, 11) is 0. The first kappa shape index (κ1) is 14.5. The first-order valence-corrected chi connectivity index (χ1v) is 7.25. The van der Waals surface area contributed by atoms with Crippen LogP contribution >= 0.6 is 0 Å². The fourth-order valence-electron chi connectivity index (χ4n) is 2.67. The normalized spacial score (nSPS) is 18.6. The lowest BCUT2D eigenvalue weighted by atomic mass is 9.93. The lowest BCUT2D eigenvalue weighted by Gasteiger charge is -2.22. The van der Waals surface area contributed by atoms with E-state index in [9.17, 15) is 0 Å². The summed E-state index contributed by atoms with van der Waals surface area (Å²) in [6.07, 6.45) is 8.86. The molecule has 0 aromatic carbocycles. The molecule has 1 atom stereocenters. The number of aromatic nitrogens is 1. The van der Waals surface area contributed by atoms with Crippen molar-refractivity contribution in [3.63, 3.8) is 0 Å². The van der Waals surface area contributed by atoms with Crippen molar-refractivity contribution in [2.75, 3.05) is 13.2 Å². The molecule has 0 aliphatic carbocycles. The minimum absolute atomic E-state index is 0.104. The van der Waals surface area contributed by atoms with Crippen LogP contribution in [0.25, 0.3) is 0 Å². The van der Waals surface area contributed by atoms with Gasteiger partial charge in [-0.25, -0.2) is 4.98 Å². The van der Waals surface area contributed by atoms with Crippen LogP contribution in [-0.2, 0) is 4.74 Å². The van der Waals surface area contributed by atoms with Gasteiger partial charge in [0.25, 0.3) is 0 Å². The van der Waals surface area contributed by atoms with E-state index in [1.165, 1.54) is 25.7 Å². The molecule has 108 valence electrons. The minimum atomic E-state index is 0.104. The molecular weight excluding hydrogens is 242 g/mol. The zero-order valence-corrected chi connectivity index (χ0v) is 11.7. The molecule has 1 aromatic rings. The number of unbranched alkanes of at least 4 members (excludes halogenated alkanes) is 1. The Kier molecular flexibility index (Phi) is 5.82. The molecule has 0 spiro atoms. The predicted octanol–water partition coefficient (Wildman–Crippen LogP) is 2.47. The van der Waals surface area contributed by atoms with Gasteiger partial charge in [0.2, 0.25) is 0 Å². The van der Waals surface area contributed by atoms with Crippen LogP contribution in [0.15, 0.2) is 10.7 Å². The van der Waals surface area contributed by atoms with Gasteiger partial charge in [-0.05, 0) is 25.2 Å². The molecule has 0 amide bonds. The second-order valence-electron chi connectivity index (χ2n) is 5.35. The number of oxazole rings is 1. The predicted molar refractivity (Wildman–Crippen MR) is 73.3 cm³/mol. The lowest BCUT2D eigenvalue weighted by Crippen LogP contribution is -2.28. The third kappa shape index (κ3) is 4.60. The van der Waals surface area contributed by atoms with E-state index in [-0.39, 0.29) is 6.04 Å². The van der Waals surface area contributed by atoms with E-state index >= 15 is 0 Å². The maximum absolute atomic E-state index is 5.59. The summed E-state index contributed by atoms with van der Waals surface area (Å²) in [5.74, 6) is 7.14. The third-order valence-electron chi connectivity index (χ3n) is 3.89. The highest BCUT2D eigenvalue weighted by Gasteiger charge is 2.15. The van der Waals surface area contributed by atoms with Crippen LogP contribution in [0.5, 0.6) is 0 Å². The molecule has 0 bridgehead atoms. The number of hydrazine groups is 1. The van der Waals surface area contributed by atoms with Gasteiger partial charge in [0.15, 0.2) is 5.89 Å². The Hall–Kier alpha value is -0.910. The number of aryl methyl sites for hydroxylation is 1. The van der Waals surface area contributed by atoms with Crippen molar-refractivity contribution >= 4 is 0 Å². The summed E-state index contributed by atoms with van der Waals surface area (Å²) < 4.78 is 10.6. The number of nitrogens with zero attached hydrogens (tertiary/aromatic N) is 1. The monoisotopic (exact) mass is 267 g/mol. The van der Waals surface area contributed by atoms with Gasteiger partial charge < -0.3 is 9.15 Å². The van der Waals surface area contributed by atoms with Gasteiger partial charge in [-0.15, -0.1) is 0 Å². The summed E-state index contributed by atoms with van der Waals surface area (Å²) in [6, 6.07) is 0.104. The van der Waals surface area contributed by atoms with Gasteiger partial charge in [0.05, 0.1) is 11.7 Å². The molecule has 5 nitrogen and oxygen atoms in total. The summed E-state index contributed by atoms with van der Waals surface area (Å²) in [4.78, 5) is 4.32. The summed E-state index contributed by atoms with van der Waals surface area (Å²) in [5, 5.41) is 0. The molecular formula is C14H25N3O2. The smallest absolute Gasteiger partial charge is 0.191 e. The van der Waals surface area contributed by atoms with Crippen LogP contribution in [0.4, 0.5) is 0 Å². The molecule has 2 rings (SSSR count). The maximum Gasteiger partial charge on any atom is 0.191 e. The summed E-state index contributed by atoms with van der Waals surface area (Å²) in [6.45, 7) is 3.73. The fourth-order valence-corrected chi connectivity index (χ4v) is 2.67. The molecule has 1 saturated heterocycles. The van der Waals surface area contributed by atoms with Crippen LogP contribution in [0.1, 0.15) is 56.2 Å². The second kappa shape index (κ2) is 7.62. The molecule has 1 aromatic heterocycles. The van der Waals surface area contributed by atoms with E-state index < -0.39 is 0 Å². The van der Waals surface area contributed by atoms with E-state index in [1.807, 2.05) is 6.92 Å². The van der Waals surface area contributed by atoms with E-state index in [0.29, 0.717) is 5.89 Å². The molecule has 19 heavy (non-hydrogen) atoms. The Labute approximate surface area is 114 Å². The van der Waals surface area contributed by atoms with E-state index in [0.717, 1.165) is 37.7 Å². The first-order chi connectivity index (χ1) is 9.29. The van der Waals surface area contributed by atoms with Crippen LogP contribution < -0.4 is 11.3 Å². The Balaban J connectivity index is 1.65. The van der Waals surface area contributed by atoms with Crippen molar-refractivity contribution in [3.8, 4) is 0 Å². The Morgan fingerprint density at radius 3 is 2.84 bits per heavy atom. The lowest BCUT2D eigenvalue weighted by molar-refractivity contribution is 0.0630. The standard InChI is InChI=1S/C14H25N3O2/c1-11-16-14(10-19-11)13(17-15)5-3-2-4-12-6-8-18-9-7-12/h10,12-13,17H,2-9,15H2,1H3. The number of hydrogen-bond acceptors (Lipinski definition) is 5. The largest absolute Gasteiger partial charge is 0.449 e. The molecule has 1 aliphatic rings. The molecule has 0 saturated carbocycles. The molecule has 2 heterocycles. The Bertz CT molecular complexity index is 361. The minimum Gasteiger partial charge on any atom is -0.449 e. The van der Waals surface area contributed by atoms with Gasteiger partial charge in [0, 0.05) is 20.1 Å². The molecule has 1 unspecified atom stereocenters. The van der Waals surface area contributed by atoms with Gasteiger partial charge in [0.1, 0.15) is 6.26 Å². The van der Waals surface area contributed by atoms with E-state index in [2.05, 4.69) is 10.4 Å². The second-order valence-corrected chi connectivity index (χ2v) is 5.35. The number of nitrogens with one attached hydrogen (secondary N) is 1. The van der Waals surface area contributed by atoms with Gasteiger partial charge in [-0.1, -0.05) is 19.3 Å². The summed E-state index contributed by atoms with van der Waals surface area (Å²) >= 11 is 0. The Morgan fingerprint density at radius 1 is 1.42 bits per heavy atom. The van der Waals surface area contributed by atoms with Crippen molar-refractivity contribution in [3.05, 3.63) is 17.8 Å². The average molecular weight is 267 g/mol. The van der Waals surface area contributed by atoms with Gasteiger partial charge in [-0.3, -0.25) is 11.3 Å². The van der Waals surface area contributed by atoms with Crippen LogP contribution in [0, 0.1) is 12.8 Å². The highest BCUT2D eigenvalue weighted by molar-refractivity contribution is 5.02. The SMILES string of the molecule is Cc1nc(C(CCCCC2CCOCC2)NN)co1. The van der Waals surface area contributed by atoms with Crippen LogP contribution in [-0.4, -0.2) is 18.2 Å². The quantitative estimate of drug-likeness (QED) is 0.451. The molecule has 1 aliphatic heterocycles. The number of hydrogen-bond donors (Lipinski definition) is 2. The zero-order valence-electron chi connectivity index (χ0n) is 11.7. The molecule has 5 heteroatoms. The maximum atomic E-state index is 5.59. The zero-order chi connectivity index (χ0) is 13.5. The van der Waals surface area contributed by atoms with Crippen molar-refractivity contribution in [1.29, 1.82) is 0 Å². The molecule has 1 fully saturated rings. The Morgan fingerprint density at radius 2 is 2.21 bits per heavy atom. The number of rotatable bonds is 7. The van der Waals surface area contributed by atoms with Crippen LogP contribution in [0.2, 0.25) is 0 Å². The van der Waals surface area contributed by atoms with Crippen LogP contribution in [0.3, 0.4) is 0 Å². The van der Waals surface area contributed by atoms with Gasteiger partial charge in [-0.2, -0.15) is 0 Å². The summed E-state index contributed by atoms with van der Waals surface area (Å²) in [5.41, 5.74) is 3.74. The highest BCUT2D eigenvalue weighted by Crippen LogP contribution is 2.23. The van der Waals surface area contributed by atoms with Crippen molar-refractivity contribution in [2.45, 2.75) is 51.5 Å². The average Bonchev–Trinajstić information content (AvgIpc) is 2.86. The van der Waals surface area contributed by atoms with E-state index in [4.69, 9.17) is 15.0 Å². The topological polar surface area (TPSA) is 73.3 Å². The third-order valence-corrected chi connectivity index (χ3v) is 3.89. The molecule has 3 N–H and O–H groups in total. The number of ether oxygens (including phenoxy) is 1. The van der Waals surface area contributed by atoms with Crippen molar-refractivity contribution in [2.24, 2.45) is 11.8 Å². The molecule has 0 radical (unpaired) electrons. The number of nitrogens with two attached hydrogens (primary N) is 1. The van der Waals surface area contributed by atoms with Crippen molar-refractivity contribution in [1.82, 2.24) is 10.4 Å². The fraction of sp³-hybridized carbons (Fsp3) is 0.786. The van der Waals surface area contributed by atoms with Crippen molar-refractivity contribution < 1.29 is 9.15 Å². The van der Waals surface area contributed by atoms with E-state index in [1.54, 1.807) is 6.26 Å².